The molecule has 1 rings (SSSR count). The lowest BCUT2D eigenvalue weighted by atomic mass is 9.99. The number of thioether (sulfide) groups is 1. The quantitative estimate of drug-likeness (QED) is 0.830. The third-order valence-electron chi connectivity index (χ3n) is 3.46. The van der Waals surface area contributed by atoms with Gasteiger partial charge in [0.15, 0.2) is 0 Å². The first kappa shape index (κ1) is 16.1. The monoisotopic (exact) mass is 288 g/mol. The van der Waals surface area contributed by atoms with Gasteiger partial charge in [0.1, 0.15) is 6.04 Å². The molecule has 0 spiro atoms. The number of rotatable bonds is 4. The van der Waals surface area contributed by atoms with Gasteiger partial charge in [0.05, 0.1) is 0 Å². The standard InChI is InChI=1S/C13H24N2O3S/c1-5-8(2)11(12(16)17)14-13(18)15-6-9(3)19-10(4)7-15/h8-11H,5-7H2,1-4H3,(H,14,18)(H,16,17)/t8?,9?,10?,11-/m0/s1. The Morgan fingerprint density at radius 2 is 1.89 bits per heavy atom. The molecule has 1 saturated heterocycles. The molecule has 4 atom stereocenters. The molecule has 2 N–H and O–H groups in total. The smallest absolute Gasteiger partial charge is 0.326 e. The van der Waals surface area contributed by atoms with Crippen molar-refractivity contribution >= 4 is 23.8 Å². The number of carbonyl (C=O) groups is 2. The minimum absolute atomic E-state index is 0.0736. The van der Waals surface area contributed by atoms with Crippen LogP contribution in [0.5, 0.6) is 0 Å². The molecule has 110 valence electrons. The largest absolute Gasteiger partial charge is 0.480 e. The van der Waals surface area contributed by atoms with E-state index in [4.69, 9.17) is 0 Å². The Morgan fingerprint density at radius 3 is 2.32 bits per heavy atom. The van der Waals surface area contributed by atoms with Crippen LogP contribution >= 0.6 is 11.8 Å². The van der Waals surface area contributed by atoms with Crippen molar-refractivity contribution in [3.63, 3.8) is 0 Å². The van der Waals surface area contributed by atoms with E-state index >= 15 is 0 Å². The van der Waals surface area contributed by atoms with Crippen LogP contribution in [-0.4, -0.2) is 51.6 Å². The third-order valence-corrected chi connectivity index (χ3v) is 4.69. The maximum absolute atomic E-state index is 12.2. The van der Waals surface area contributed by atoms with Crippen LogP contribution < -0.4 is 5.32 Å². The number of urea groups is 1. The molecule has 5 nitrogen and oxygen atoms in total. The average Bonchev–Trinajstić information content (AvgIpc) is 2.33. The Hall–Kier alpha value is -0.910. The predicted molar refractivity (Wildman–Crippen MR) is 77.5 cm³/mol. The summed E-state index contributed by atoms with van der Waals surface area (Å²) in [6, 6.07) is -1.07. The third kappa shape index (κ3) is 4.60. The summed E-state index contributed by atoms with van der Waals surface area (Å²) in [5, 5.41) is 12.6. The summed E-state index contributed by atoms with van der Waals surface area (Å²) in [6.45, 7) is 9.29. The van der Waals surface area contributed by atoms with Crippen molar-refractivity contribution in [3.8, 4) is 0 Å². The molecule has 19 heavy (non-hydrogen) atoms. The molecule has 0 aromatic heterocycles. The van der Waals surface area contributed by atoms with Crippen LogP contribution in [0.15, 0.2) is 0 Å². The summed E-state index contributed by atoms with van der Waals surface area (Å²) < 4.78 is 0. The second kappa shape index (κ2) is 7.03. The van der Waals surface area contributed by atoms with Gasteiger partial charge in [0.25, 0.3) is 0 Å². The highest BCUT2D eigenvalue weighted by Gasteiger charge is 2.30. The van der Waals surface area contributed by atoms with Crippen LogP contribution in [0.25, 0.3) is 0 Å². The van der Waals surface area contributed by atoms with Crippen molar-refractivity contribution in [2.75, 3.05) is 13.1 Å². The molecule has 1 heterocycles. The molecule has 0 saturated carbocycles. The van der Waals surface area contributed by atoms with Gasteiger partial charge in [0, 0.05) is 23.6 Å². The molecule has 0 aliphatic carbocycles. The number of carbonyl (C=O) groups excluding carboxylic acids is 1. The molecular formula is C13H24N2O3S. The van der Waals surface area contributed by atoms with Gasteiger partial charge in [-0.3, -0.25) is 0 Å². The van der Waals surface area contributed by atoms with Gasteiger partial charge >= 0.3 is 12.0 Å². The van der Waals surface area contributed by atoms with E-state index in [0.29, 0.717) is 23.6 Å². The van der Waals surface area contributed by atoms with Crippen LogP contribution in [0.2, 0.25) is 0 Å². The van der Waals surface area contributed by atoms with Crippen molar-refractivity contribution in [1.82, 2.24) is 10.2 Å². The molecule has 3 unspecified atom stereocenters. The maximum Gasteiger partial charge on any atom is 0.326 e. The first-order valence-corrected chi connectivity index (χ1v) is 7.73. The molecule has 1 fully saturated rings. The normalized spacial score (nSPS) is 26.6. The molecule has 6 heteroatoms. The number of carboxylic acids is 1. The van der Waals surface area contributed by atoms with E-state index in [1.807, 2.05) is 25.6 Å². The molecule has 0 aromatic carbocycles. The molecule has 1 aliphatic heterocycles. The van der Waals surface area contributed by atoms with Gasteiger partial charge in [-0.05, 0) is 5.92 Å². The van der Waals surface area contributed by atoms with Crippen LogP contribution in [0, 0.1) is 5.92 Å². The van der Waals surface area contributed by atoms with E-state index in [9.17, 15) is 14.7 Å². The zero-order chi connectivity index (χ0) is 14.6. The SMILES string of the molecule is CCC(C)[C@H](NC(=O)N1CC(C)SC(C)C1)C(=O)O. The number of hydrogen-bond donors (Lipinski definition) is 2. The Labute approximate surface area is 119 Å². The Morgan fingerprint density at radius 1 is 1.37 bits per heavy atom. The Balaban J connectivity index is 2.63. The maximum atomic E-state index is 12.2. The molecule has 0 aromatic rings. The van der Waals surface area contributed by atoms with E-state index in [0.717, 1.165) is 6.42 Å². The molecule has 2 amide bonds. The highest BCUT2D eigenvalue weighted by Crippen LogP contribution is 2.24. The number of nitrogens with zero attached hydrogens (tertiary/aromatic N) is 1. The second-order valence-corrected chi connectivity index (χ2v) is 7.19. The van der Waals surface area contributed by atoms with Crippen molar-refractivity contribution in [2.45, 2.75) is 50.7 Å². The zero-order valence-electron chi connectivity index (χ0n) is 12.0. The average molecular weight is 288 g/mol. The highest BCUT2D eigenvalue weighted by atomic mass is 32.2. The zero-order valence-corrected chi connectivity index (χ0v) is 12.9. The topological polar surface area (TPSA) is 69.6 Å². The van der Waals surface area contributed by atoms with E-state index in [2.05, 4.69) is 19.2 Å². The Bertz CT molecular complexity index is 328. The summed E-state index contributed by atoms with van der Waals surface area (Å²) in [5.74, 6) is -1.04. The minimum atomic E-state index is -0.963. The number of carboxylic acid groups (broad SMARTS) is 1. The Kier molecular flexibility index (Phi) is 5.97. The van der Waals surface area contributed by atoms with Crippen LogP contribution in [0.1, 0.15) is 34.1 Å². The van der Waals surface area contributed by atoms with Crippen LogP contribution in [0.3, 0.4) is 0 Å². The highest BCUT2D eigenvalue weighted by molar-refractivity contribution is 8.00. The summed E-state index contributed by atoms with van der Waals surface area (Å²) in [4.78, 5) is 25.1. The van der Waals surface area contributed by atoms with Gasteiger partial charge in [-0.15, -0.1) is 0 Å². The lowest BCUT2D eigenvalue weighted by Crippen LogP contribution is -2.54. The van der Waals surface area contributed by atoms with E-state index in [1.165, 1.54) is 0 Å². The van der Waals surface area contributed by atoms with Gasteiger partial charge in [-0.2, -0.15) is 11.8 Å². The van der Waals surface area contributed by atoms with Gasteiger partial charge in [-0.1, -0.05) is 34.1 Å². The number of nitrogens with one attached hydrogen (secondary N) is 1. The summed E-state index contributed by atoms with van der Waals surface area (Å²) in [5.41, 5.74) is 0. The van der Waals surface area contributed by atoms with Crippen molar-refractivity contribution in [3.05, 3.63) is 0 Å². The predicted octanol–water partition coefficient (Wildman–Crippen LogP) is 2.02. The lowest BCUT2D eigenvalue weighted by Gasteiger charge is -2.35. The van der Waals surface area contributed by atoms with Gasteiger partial charge in [0.2, 0.25) is 0 Å². The fourth-order valence-electron chi connectivity index (χ4n) is 2.25. The number of aliphatic carboxylic acids is 1. The van der Waals surface area contributed by atoms with Crippen molar-refractivity contribution < 1.29 is 14.7 Å². The van der Waals surface area contributed by atoms with E-state index < -0.39 is 12.0 Å². The van der Waals surface area contributed by atoms with Crippen LogP contribution in [0.4, 0.5) is 4.79 Å². The molecule has 0 radical (unpaired) electrons. The molecule has 1 aliphatic rings. The van der Waals surface area contributed by atoms with E-state index in [1.54, 1.807) is 4.90 Å². The summed E-state index contributed by atoms with van der Waals surface area (Å²) >= 11 is 1.86. The van der Waals surface area contributed by atoms with Crippen molar-refractivity contribution in [1.29, 1.82) is 0 Å². The number of hydrogen-bond acceptors (Lipinski definition) is 3. The fourth-order valence-corrected chi connectivity index (χ4v) is 3.58. The van der Waals surface area contributed by atoms with Crippen molar-refractivity contribution in [2.24, 2.45) is 5.92 Å². The van der Waals surface area contributed by atoms with Gasteiger partial charge in [-0.25, -0.2) is 9.59 Å². The minimum Gasteiger partial charge on any atom is -0.480 e. The van der Waals surface area contributed by atoms with E-state index in [-0.39, 0.29) is 11.9 Å². The summed E-state index contributed by atoms with van der Waals surface area (Å²) in [6.07, 6.45) is 0.722. The fraction of sp³-hybridized carbons (Fsp3) is 0.846. The lowest BCUT2D eigenvalue weighted by molar-refractivity contribution is -0.140. The molecular weight excluding hydrogens is 264 g/mol. The van der Waals surface area contributed by atoms with Crippen LogP contribution in [-0.2, 0) is 4.79 Å². The first-order chi connectivity index (χ1) is 8.85. The number of amides is 2. The van der Waals surface area contributed by atoms with Gasteiger partial charge < -0.3 is 15.3 Å². The molecule has 0 bridgehead atoms. The summed E-state index contributed by atoms with van der Waals surface area (Å²) in [7, 11) is 0. The first-order valence-electron chi connectivity index (χ1n) is 6.78. The second-order valence-electron chi connectivity index (χ2n) is 5.31.